The molecular formula is C28H35BrN2O6. The number of aliphatic hydroxyl groups excluding tert-OH is 1. The molecule has 1 spiro atoms. The van der Waals surface area contributed by atoms with Crippen molar-refractivity contribution in [1.29, 1.82) is 0 Å². The first-order valence-electron chi connectivity index (χ1n) is 12.5. The van der Waals surface area contributed by atoms with E-state index in [1.807, 2.05) is 51.1 Å². The van der Waals surface area contributed by atoms with Gasteiger partial charge in [-0.2, -0.15) is 0 Å². The maximum absolute atomic E-state index is 14.4. The predicted molar refractivity (Wildman–Crippen MR) is 142 cm³/mol. The molecule has 7 atom stereocenters. The van der Waals surface area contributed by atoms with Crippen LogP contribution in [0.3, 0.4) is 0 Å². The zero-order chi connectivity index (χ0) is 27.1. The fourth-order valence-corrected chi connectivity index (χ4v) is 7.13. The Hall–Kier alpha value is -2.49. The van der Waals surface area contributed by atoms with E-state index in [9.17, 15) is 19.5 Å². The van der Waals surface area contributed by atoms with Gasteiger partial charge in [0, 0.05) is 16.9 Å². The topological polar surface area (TPSA) is 96.4 Å². The molecule has 3 saturated heterocycles. The van der Waals surface area contributed by atoms with E-state index < -0.39 is 59.6 Å². The van der Waals surface area contributed by atoms with Crippen molar-refractivity contribution < 1.29 is 29.0 Å². The van der Waals surface area contributed by atoms with Crippen LogP contribution in [-0.4, -0.2) is 80.6 Å². The summed E-state index contributed by atoms with van der Waals surface area (Å²) < 4.78 is 11.9. The largest absolute Gasteiger partial charge is 0.461 e. The SMILES string of the molecule is C=CCOC(=O)[C@H]1[C@@H]2OC3(CC2Br)C(C(=O)N(CC=C)C(C)(C)C)N([C@H](CO)c2ccccc2)C(=O)[C@H]13. The molecule has 3 aliphatic heterocycles. The number of alkyl halides is 1. The lowest BCUT2D eigenvalue weighted by Crippen LogP contribution is -2.60. The van der Waals surface area contributed by atoms with Crippen molar-refractivity contribution in [2.24, 2.45) is 11.8 Å². The molecule has 3 aliphatic rings. The van der Waals surface area contributed by atoms with Crippen molar-refractivity contribution in [1.82, 2.24) is 9.80 Å². The lowest BCUT2D eigenvalue weighted by Gasteiger charge is -2.43. The zero-order valence-electron chi connectivity index (χ0n) is 21.5. The van der Waals surface area contributed by atoms with Gasteiger partial charge in [0.1, 0.15) is 18.2 Å². The van der Waals surface area contributed by atoms with Crippen LogP contribution in [0.4, 0.5) is 0 Å². The summed E-state index contributed by atoms with van der Waals surface area (Å²) in [6.45, 7) is 13.1. The third kappa shape index (κ3) is 4.45. The van der Waals surface area contributed by atoms with E-state index in [-0.39, 0.29) is 23.9 Å². The predicted octanol–water partition coefficient (Wildman–Crippen LogP) is 3.01. The van der Waals surface area contributed by atoms with Crippen LogP contribution in [0.15, 0.2) is 55.6 Å². The first-order valence-corrected chi connectivity index (χ1v) is 13.4. The quantitative estimate of drug-likeness (QED) is 0.277. The average molecular weight is 576 g/mol. The summed E-state index contributed by atoms with van der Waals surface area (Å²) in [7, 11) is 0. The highest BCUT2D eigenvalue weighted by Gasteiger charge is 2.77. The third-order valence-corrected chi connectivity index (χ3v) is 8.50. The van der Waals surface area contributed by atoms with Crippen LogP contribution in [0.5, 0.6) is 0 Å². The van der Waals surface area contributed by atoms with Crippen LogP contribution in [0.1, 0.15) is 38.8 Å². The molecule has 200 valence electrons. The normalized spacial score (nSPS) is 31.1. The Kier molecular flexibility index (Phi) is 7.70. The Balaban J connectivity index is 1.87. The molecule has 1 aromatic rings. The number of benzene rings is 1. The van der Waals surface area contributed by atoms with Gasteiger partial charge in [0.05, 0.1) is 30.6 Å². The molecule has 3 unspecified atom stereocenters. The van der Waals surface area contributed by atoms with E-state index in [1.54, 1.807) is 11.0 Å². The number of hydrogen-bond donors (Lipinski definition) is 1. The number of esters is 1. The minimum Gasteiger partial charge on any atom is -0.461 e. The standard InChI is InChI=1S/C28H35BrN2O6/c1-6-13-30(27(3,4)5)25(34)23-28-15-18(29)22(37-28)20(26(35)36-14-7-2)21(28)24(33)31(23)19(16-32)17-11-9-8-10-12-17/h6-12,18-23,32H,1-2,13-16H2,3-5H3/t18?,19-,20-,21+,22-,23?,28?/m1/s1. The summed E-state index contributed by atoms with van der Waals surface area (Å²) in [4.78, 5) is 44.8. The molecule has 9 heteroatoms. The molecule has 2 amide bonds. The number of carbonyl (C=O) groups excluding carboxylic acids is 3. The Morgan fingerprint density at radius 1 is 1.30 bits per heavy atom. The van der Waals surface area contributed by atoms with Crippen molar-refractivity contribution >= 4 is 33.7 Å². The monoisotopic (exact) mass is 574 g/mol. The van der Waals surface area contributed by atoms with Gasteiger partial charge in [-0.05, 0) is 32.8 Å². The van der Waals surface area contributed by atoms with E-state index in [0.29, 0.717) is 12.0 Å². The van der Waals surface area contributed by atoms with Crippen molar-refractivity contribution in [2.45, 2.75) is 61.3 Å². The second-order valence-electron chi connectivity index (χ2n) is 10.8. The van der Waals surface area contributed by atoms with Crippen molar-refractivity contribution in [3.63, 3.8) is 0 Å². The van der Waals surface area contributed by atoms with E-state index in [0.717, 1.165) is 0 Å². The minimum atomic E-state index is -1.25. The number of likely N-dealkylation sites (tertiary alicyclic amines) is 1. The van der Waals surface area contributed by atoms with Gasteiger partial charge < -0.3 is 24.4 Å². The Bertz CT molecular complexity index is 1070. The van der Waals surface area contributed by atoms with E-state index in [4.69, 9.17) is 9.47 Å². The molecule has 0 aliphatic carbocycles. The van der Waals surface area contributed by atoms with Gasteiger partial charge in [-0.1, -0.05) is 65.0 Å². The number of nitrogens with zero attached hydrogens (tertiary/aromatic N) is 2. The minimum absolute atomic E-state index is 0.00933. The first kappa shape index (κ1) is 27.5. The smallest absolute Gasteiger partial charge is 0.312 e. The third-order valence-electron chi connectivity index (χ3n) is 7.66. The zero-order valence-corrected chi connectivity index (χ0v) is 23.1. The van der Waals surface area contributed by atoms with Gasteiger partial charge in [0.2, 0.25) is 11.8 Å². The molecule has 4 rings (SSSR count). The van der Waals surface area contributed by atoms with Gasteiger partial charge in [-0.3, -0.25) is 14.4 Å². The maximum atomic E-state index is 14.4. The number of amides is 2. The van der Waals surface area contributed by atoms with E-state index in [1.165, 1.54) is 11.0 Å². The molecule has 8 nitrogen and oxygen atoms in total. The van der Waals surface area contributed by atoms with Gasteiger partial charge in [0.25, 0.3) is 0 Å². The highest BCUT2D eigenvalue weighted by atomic mass is 79.9. The van der Waals surface area contributed by atoms with Gasteiger partial charge in [-0.25, -0.2) is 0 Å². The molecule has 37 heavy (non-hydrogen) atoms. The van der Waals surface area contributed by atoms with Gasteiger partial charge >= 0.3 is 5.97 Å². The molecular weight excluding hydrogens is 540 g/mol. The highest BCUT2D eigenvalue weighted by Crippen LogP contribution is 2.61. The number of hydrogen-bond acceptors (Lipinski definition) is 6. The summed E-state index contributed by atoms with van der Waals surface area (Å²) in [5, 5.41) is 10.5. The summed E-state index contributed by atoms with van der Waals surface area (Å²) >= 11 is 3.65. The summed E-state index contributed by atoms with van der Waals surface area (Å²) in [6, 6.07) is 7.26. The van der Waals surface area contributed by atoms with Crippen molar-refractivity contribution in [3.05, 3.63) is 61.2 Å². The lowest BCUT2D eigenvalue weighted by atomic mass is 9.70. The highest BCUT2D eigenvalue weighted by molar-refractivity contribution is 9.09. The summed E-state index contributed by atoms with van der Waals surface area (Å²) in [5.74, 6) is -3.06. The molecule has 3 heterocycles. The van der Waals surface area contributed by atoms with E-state index >= 15 is 0 Å². The molecule has 0 saturated carbocycles. The Morgan fingerprint density at radius 3 is 2.54 bits per heavy atom. The van der Waals surface area contributed by atoms with Crippen LogP contribution in [0, 0.1) is 11.8 Å². The lowest BCUT2D eigenvalue weighted by molar-refractivity contribution is -0.157. The van der Waals surface area contributed by atoms with Gasteiger partial charge in [0.15, 0.2) is 0 Å². The van der Waals surface area contributed by atoms with Gasteiger partial charge in [-0.15, -0.1) is 6.58 Å². The molecule has 2 bridgehead atoms. The maximum Gasteiger partial charge on any atom is 0.312 e. The Morgan fingerprint density at radius 2 is 1.97 bits per heavy atom. The average Bonchev–Trinajstić information content (AvgIpc) is 3.45. The number of ether oxygens (including phenoxy) is 2. The van der Waals surface area contributed by atoms with Crippen LogP contribution in [0.2, 0.25) is 0 Å². The number of rotatable bonds is 9. The van der Waals surface area contributed by atoms with E-state index in [2.05, 4.69) is 29.1 Å². The molecule has 1 aromatic carbocycles. The number of aliphatic hydroxyl groups is 1. The number of fused-ring (bicyclic) bond motifs is 1. The molecule has 1 N–H and O–H groups in total. The van der Waals surface area contributed by atoms with Crippen molar-refractivity contribution in [3.8, 4) is 0 Å². The number of halogens is 1. The summed E-state index contributed by atoms with van der Waals surface area (Å²) in [5.41, 5.74) is -1.14. The fraction of sp³-hybridized carbons (Fsp3) is 0.536. The summed E-state index contributed by atoms with van der Waals surface area (Å²) in [6.07, 6.45) is 2.87. The molecule has 0 aromatic heterocycles. The van der Waals surface area contributed by atoms with Crippen LogP contribution in [-0.2, 0) is 23.9 Å². The first-order chi connectivity index (χ1) is 17.5. The molecule has 3 fully saturated rings. The van der Waals surface area contributed by atoms with Crippen LogP contribution >= 0.6 is 15.9 Å². The fourth-order valence-electron chi connectivity index (χ4n) is 6.19. The second-order valence-corrected chi connectivity index (χ2v) is 12.0. The second kappa shape index (κ2) is 10.3. The van der Waals surface area contributed by atoms with Crippen LogP contribution < -0.4 is 0 Å². The van der Waals surface area contributed by atoms with Crippen molar-refractivity contribution in [2.75, 3.05) is 19.8 Å². The van der Waals surface area contributed by atoms with Crippen LogP contribution in [0.25, 0.3) is 0 Å². The Labute approximate surface area is 226 Å². The number of carbonyl (C=O) groups is 3. The molecule has 0 radical (unpaired) electrons.